The maximum atomic E-state index is 12.1. The number of carbonyl (C=O) groups excluding carboxylic acids is 2. The van der Waals surface area contributed by atoms with E-state index in [0.717, 1.165) is 38.8 Å². The summed E-state index contributed by atoms with van der Waals surface area (Å²) in [4.78, 5) is 27.7. The number of carbonyl (C=O) groups is 2. The first-order chi connectivity index (χ1) is 8.25. The standard InChI is InChI=1S/C12H19N3O2.ClH/c16-11-8-14(6-7-15(11)9-3-4-9)12(17)10-2-1-5-13-10;/h9-10,13H,1-8H2;1H. The number of rotatable bonds is 2. The molecule has 0 radical (unpaired) electrons. The van der Waals surface area contributed by atoms with Gasteiger partial charge in [-0.2, -0.15) is 0 Å². The minimum Gasteiger partial charge on any atom is -0.336 e. The van der Waals surface area contributed by atoms with Gasteiger partial charge in [-0.15, -0.1) is 12.4 Å². The van der Waals surface area contributed by atoms with Crippen molar-refractivity contribution < 1.29 is 9.59 Å². The lowest BCUT2D eigenvalue weighted by Gasteiger charge is -2.35. The van der Waals surface area contributed by atoms with Gasteiger partial charge in [0, 0.05) is 19.1 Å². The zero-order valence-electron chi connectivity index (χ0n) is 10.4. The highest BCUT2D eigenvalue weighted by molar-refractivity contribution is 5.89. The van der Waals surface area contributed by atoms with Crippen molar-refractivity contribution in [2.45, 2.75) is 37.8 Å². The molecule has 102 valence electrons. The molecule has 1 N–H and O–H groups in total. The Morgan fingerprint density at radius 2 is 2.00 bits per heavy atom. The number of halogens is 1. The minimum atomic E-state index is -0.0460. The molecule has 2 amide bonds. The van der Waals surface area contributed by atoms with Crippen LogP contribution in [0.5, 0.6) is 0 Å². The average molecular weight is 274 g/mol. The van der Waals surface area contributed by atoms with E-state index in [2.05, 4.69) is 5.32 Å². The second-order valence-electron chi connectivity index (χ2n) is 5.23. The largest absolute Gasteiger partial charge is 0.336 e. The third kappa shape index (κ3) is 2.62. The quantitative estimate of drug-likeness (QED) is 0.770. The molecule has 0 aromatic rings. The summed E-state index contributed by atoms with van der Waals surface area (Å²) < 4.78 is 0. The molecule has 0 aromatic heterocycles. The lowest BCUT2D eigenvalue weighted by molar-refractivity contribution is -0.146. The lowest BCUT2D eigenvalue weighted by Crippen LogP contribution is -2.56. The Labute approximate surface area is 113 Å². The number of amides is 2. The van der Waals surface area contributed by atoms with Crippen molar-refractivity contribution in [3.8, 4) is 0 Å². The molecule has 5 nitrogen and oxygen atoms in total. The molecule has 1 aliphatic carbocycles. The maximum Gasteiger partial charge on any atom is 0.242 e. The molecule has 1 unspecified atom stereocenters. The fourth-order valence-electron chi connectivity index (χ4n) is 2.76. The van der Waals surface area contributed by atoms with Gasteiger partial charge in [0.15, 0.2) is 0 Å². The summed E-state index contributed by atoms with van der Waals surface area (Å²) in [6.45, 7) is 2.64. The van der Waals surface area contributed by atoms with E-state index in [1.165, 1.54) is 0 Å². The van der Waals surface area contributed by atoms with Crippen LogP contribution < -0.4 is 5.32 Å². The van der Waals surface area contributed by atoms with E-state index < -0.39 is 0 Å². The Morgan fingerprint density at radius 1 is 1.22 bits per heavy atom. The van der Waals surface area contributed by atoms with Crippen molar-refractivity contribution in [3.63, 3.8) is 0 Å². The Hall–Kier alpha value is -0.810. The zero-order valence-corrected chi connectivity index (χ0v) is 11.2. The first kappa shape index (κ1) is 13.6. The molecular formula is C12H20ClN3O2. The van der Waals surface area contributed by atoms with Crippen LogP contribution in [0, 0.1) is 0 Å². The average Bonchev–Trinajstić information content (AvgIpc) is 3.02. The topological polar surface area (TPSA) is 52.7 Å². The monoisotopic (exact) mass is 273 g/mol. The molecule has 6 heteroatoms. The molecule has 3 aliphatic rings. The van der Waals surface area contributed by atoms with Gasteiger partial charge in [0.1, 0.15) is 0 Å². The van der Waals surface area contributed by atoms with Gasteiger partial charge in [0.05, 0.1) is 12.6 Å². The summed E-state index contributed by atoms with van der Waals surface area (Å²) in [6.07, 6.45) is 4.26. The molecule has 0 bridgehead atoms. The van der Waals surface area contributed by atoms with Crippen molar-refractivity contribution in [2.75, 3.05) is 26.2 Å². The first-order valence-corrected chi connectivity index (χ1v) is 6.57. The highest BCUT2D eigenvalue weighted by Crippen LogP contribution is 2.28. The molecule has 3 fully saturated rings. The molecule has 1 atom stereocenters. The van der Waals surface area contributed by atoms with Crippen molar-refractivity contribution >= 4 is 24.2 Å². The van der Waals surface area contributed by atoms with Gasteiger partial charge in [-0.3, -0.25) is 9.59 Å². The van der Waals surface area contributed by atoms with Gasteiger partial charge in [-0.1, -0.05) is 0 Å². The van der Waals surface area contributed by atoms with Gasteiger partial charge in [0.2, 0.25) is 11.8 Å². The molecule has 1 saturated carbocycles. The molecular weight excluding hydrogens is 254 g/mol. The summed E-state index contributed by atoms with van der Waals surface area (Å²) >= 11 is 0. The van der Waals surface area contributed by atoms with Crippen molar-refractivity contribution in [1.29, 1.82) is 0 Å². The van der Waals surface area contributed by atoms with Crippen LogP contribution >= 0.6 is 12.4 Å². The second-order valence-corrected chi connectivity index (χ2v) is 5.23. The van der Waals surface area contributed by atoms with Crippen LogP contribution in [0.15, 0.2) is 0 Å². The first-order valence-electron chi connectivity index (χ1n) is 6.57. The number of hydrogen-bond acceptors (Lipinski definition) is 3. The SMILES string of the molecule is Cl.O=C(C1CCCN1)N1CCN(C2CC2)C(=O)C1. The fraction of sp³-hybridized carbons (Fsp3) is 0.833. The predicted molar refractivity (Wildman–Crippen MR) is 69.6 cm³/mol. The van der Waals surface area contributed by atoms with E-state index >= 15 is 0 Å². The number of nitrogens with one attached hydrogen (secondary N) is 1. The van der Waals surface area contributed by atoms with Gasteiger partial charge in [-0.25, -0.2) is 0 Å². The van der Waals surface area contributed by atoms with Crippen molar-refractivity contribution in [1.82, 2.24) is 15.1 Å². The van der Waals surface area contributed by atoms with Gasteiger partial charge in [0.25, 0.3) is 0 Å². The van der Waals surface area contributed by atoms with E-state index in [1.807, 2.05) is 4.90 Å². The zero-order chi connectivity index (χ0) is 11.8. The fourth-order valence-corrected chi connectivity index (χ4v) is 2.76. The van der Waals surface area contributed by atoms with Crippen LogP contribution in [-0.4, -0.2) is 59.9 Å². The van der Waals surface area contributed by atoms with Crippen molar-refractivity contribution in [3.05, 3.63) is 0 Å². The molecule has 3 rings (SSSR count). The Balaban J connectivity index is 0.00000120. The minimum absolute atomic E-state index is 0. The van der Waals surface area contributed by atoms with Gasteiger partial charge in [-0.05, 0) is 32.2 Å². The van der Waals surface area contributed by atoms with Crippen LogP contribution in [0.25, 0.3) is 0 Å². The molecule has 2 aliphatic heterocycles. The summed E-state index contributed by atoms with van der Waals surface area (Å²) in [6, 6.07) is 0.430. The Bertz CT molecular complexity index is 340. The predicted octanol–water partition coefficient (Wildman–Crippen LogP) is -0.00660. The third-order valence-corrected chi connectivity index (χ3v) is 3.92. The van der Waals surface area contributed by atoms with E-state index in [0.29, 0.717) is 12.6 Å². The molecule has 0 spiro atoms. The van der Waals surface area contributed by atoms with E-state index in [9.17, 15) is 9.59 Å². The lowest BCUT2D eigenvalue weighted by atomic mass is 10.2. The third-order valence-electron chi connectivity index (χ3n) is 3.92. The molecule has 2 heterocycles. The number of hydrogen-bond donors (Lipinski definition) is 1. The summed E-state index contributed by atoms with van der Waals surface area (Å²) in [5, 5.41) is 3.20. The normalized spacial score (nSPS) is 28.2. The van der Waals surface area contributed by atoms with Crippen molar-refractivity contribution in [2.24, 2.45) is 0 Å². The van der Waals surface area contributed by atoms with Crippen LogP contribution in [0.3, 0.4) is 0 Å². The van der Waals surface area contributed by atoms with Crippen LogP contribution in [0.4, 0.5) is 0 Å². The van der Waals surface area contributed by atoms with Gasteiger partial charge >= 0.3 is 0 Å². The molecule has 18 heavy (non-hydrogen) atoms. The molecule has 2 saturated heterocycles. The van der Waals surface area contributed by atoms with E-state index in [1.54, 1.807) is 4.90 Å². The van der Waals surface area contributed by atoms with E-state index in [-0.39, 0.29) is 36.8 Å². The maximum absolute atomic E-state index is 12.1. The van der Waals surface area contributed by atoms with Crippen LogP contribution in [0.1, 0.15) is 25.7 Å². The second kappa shape index (κ2) is 5.45. The van der Waals surface area contributed by atoms with E-state index in [4.69, 9.17) is 0 Å². The Morgan fingerprint density at radius 3 is 2.56 bits per heavy atom. The Kier molecular flexibility index (Phi) is 4.12. The van der Waals surface area contributed by atoms with Crippen LogP contribution in [-0.2, 0) is 9.59 Å². The summed E-state index contributed by atoms with van der Waals surface area (Å²) in [5.41, 5.74) is 0. The number of nitrogens with zero attached hydrogens (tertiary/aromatic N) is 2. The highest BCUT2D eigenvalue weighted by Gasteiger charge is 2.38. The smallest absolute Gasteiger partial charge is 0.242 e. The van der Waals surface area contributed by atoms with Crippen LogP contribution in [0.2, 0.25) is 0 Å². The molecule has 0 aromatic carbocycles. The summed E-state index contributed by atoms with van der Waals surface area (Å²) in [5.74, 6) is 0.247. The summed E-state index contributed by atoms with van der Waals surface area (Å²) in [7, 11) is 0. The van der Waals surface area contributed by atoms with Gasteiger partial charge < -0.3 is 15.1 Å². The highest BCUT2D eigenvalue weighted by atomic mass is 35.5. The number of piperazine rings is 1.